The average molecular weight is 185 g/mol. The highest BCUT2D eigenvalue weighted by Crippen LogP contribution is 2.31. The van der Waals surface area contributed by atoms with E-state index in [4.69, 9.17) is 10.5 Å². The molecule has 1 aliphatic carbocycles. The Balaban J connectivity index is 2.09. The van der Waals surface area contributed by atoms with Crippen LogP contribution in [0.4, 0.5) is 0 Å². The molecule has 0 aromatic carbocycles. The van der Waals surface area contributed by atoms with E-state index in [1.54, 1.807) is 7.11 Å². The predicted octanol–water partition coefficient (Wildman–Crippen LogP) is 2.18. The van der Waals surface area contributed by atoms with Crippen molar-refractivity contribution in [2.24, 2.45) is 17.6 Å². The van der Waals surface area contributed by atoms with E-state index in [0.717, 1.165) is 18.9 Å². The molecule has 2 N–H and O–H groups in total. The summed E-state index contributed by atoms with van der Waals surface area (Å²) in [5, 5.41) is 0. The predicted molar refractivity (Wildman–Crippen MR) is 55.6 cm³/mol. The molecule has 0 aromatic rings. The Hall–Kier alpha value is -0.0800. The molecule has 1 fully saturated rings. The summed E-state index contributed by atoms with van der Waals surface area (Å²) in [6.07, 6.45) is 6.56. The van der Waals surface area contributed by atoms with Gasteiger partial charge in [-0.05, 0) is 24.7 Å². The van der Waals surface area contributed by atoms with E-state index in [1.807, 2.05) is 0 Å². The lowest BCUT2D eigenvalue weighted by Gasteiger charge is -2.30. The summed E-state index contributed by atoms with van der Waals surface area (Å²) < 4.78 is 5.05. The zero-order valence-electron chi connectivity index (χ0n) is 8.96. The van der Waals surface area contributed by atoms with Crippen LogP contribution in [0.25, 0.3) is 0 Å². The minimum atomic E-state index is 0.389. The van der Waals surface area contributed by atoms with Gasteiger partial charge in [-0.25, -0.2) is 0 Å². The fraction of sp³-hybridized carbons (Fsp3) is 1.00. The highest BCUT2D eigenvalue weighted by molar-refractivity contribution is 4.78. The smallest absolute Gasteiger partial charge is 0.0465 e. The van der Waals surface area contributed by atoms with Crippen LogP contribution in [0.2, 0.25) is 0 Å². The number of methoxy groups -OCH3 is 1. The molecule has 1 aliphatic rings. The van der Waals surface area contributed by atoms with Crippen LogP contribution in [0.3, 0.4) is 0 Å². The molecule has 1 rings (SSSR count). The standard InChI is InChI=1S/C11H23NO/c1-9(6-7-13-2)11(12)8-10-4-3-5-10/h9-11H,3-8,12H2,1-2H3. The maximum atomic E-state index is 6.11. The molecule has 2 heteroatoms. The lowest BCUT2D eigenvalue weighted by Crippen LogP contribution is -2.33. The number of hydrogen-bond donors (Lipinski definition) is 1. The van der Waals surface area contributed by atoms with Crippen LogP contribution in [-0.4, -0.2) is 19.8 Å². The molecule has 0 aliphatic heterocycles. The van der Waals surface area contributed by atoms with E-state index in [2.05, 4.69) is 6.92 Å². The SMILES string of the molecule is COCCC(C)C(N)CC1CCC1. The van der Waals surface area contributed by atoms with Crippen molar-refractivity contribution in [3.63, 3.8) is 0 Å². The van der Waals surface area contributed by atoms with E-state index in [-0.39, 0.29) is 0 Å². The van der Waals surface area contributed by atoms with Gasteiger partial charge in [0.1, 0.15) is 0 Å². The molecule has 0 heterocycles. The van der Waals surface area contributed by atoms with Crippen molar-refractivity contribution >= 4 is 0 Å². The zero-order valence-corrected chi connectivity index (χ0v) is 8.96. The Morgan fingerprint density at radius 3 is 2.62 bits per heavy atom. The maximum Gasteiger partial charge on any atom is 0.0465 e. The molecular formula is C11H23NO. The fourth-order valence-electron chi connectivity index (χ4n) is 1.86. The number of rotatable bonds is 6. The van der Waals surface area contributed by atoms with E-state index in [1.165, 1.54) is 25.7 Å². The monoisotopic (exact) mass is 185 g/mol. The fourth-order valence-corrected chi connectivity index (χ4v) is 1.86. The van der Waals surface area contributed by atoms with Gasteiger partial charge in [0.2, 0.25) is 0 Å². The molecule has 0 spiro atoms. The van der Waals surface area contributed by atoms with Crippen LogP contribution in [0.5, 0.6) is 0 Å². The summed E-state index contributed by atoms with van der Waals surface area (Å²) in [4.78, 5) is 0. The van der Waals surface area contributed by atoms with Crippen LogP contribution in [-0.2, 0) is 4.74 Å². The first-order chi connectivity index (χ1) is 6.24. The second kappa shape index (κ2) is 5.61. The third-order valence-electron chi connectivity index (χ3n) is 3.34. The van der Waals surface area contributed by atoms with Crippen molar-refractivity contribution in [2.75, 3.05) is 13.7 Å². The molecule has 13 heavy (non-hydrogen) atoms. The first-order valence-corrected chi connectivity index (χ1v) is 5.48. The number of hydrogen-bond acceptors (Lipinski definition) is 2. The molecule has 1 saturated carbocycles. The van der Waals surface area contributed by atoms with Gasteiger partial charge in [0.15, 0.2) is 0 Å². The van der Waals surface area contributed by atoms with Crippen LogP contribution >= 0.6 is 0 Å². The first-order valence-electron chi connectivity index (χ1n) is 5.48. The van der Waals surface area contributed by atoms with Crippen molar-refractivity contribution < 1.29 is 4.74 Å². The summed E-state index contributed by atoms with van der Waals surface area (Å²) in [5.74, 6) is 1.54. The molecule has 0 amide bonds. The quantitative estimate of drug-likeness (QED) is 0.688. The summed E-state index contributed by atoms with van der Waals surface area (Å²) in [6.45, 7) is 3.09. The molecule has 0 saturated heterocycles. The molecule has 0 bridgehead atoms. The summed E-state index contributed by atoms with van der Waals surface area (Å²) in [7, 11) is 1.75. The van der Waals surface area contributed by atoms with Crippen molar-refractivity contribution in [3.05, 3.63) is 0 Å². The molecule has 78 valence electrons. The average Bonchev–Trinajstić information content (AvgIpc) is 2.06. The summed E-state index contributed by atoms with van der Waals surface area (Å²) in [5.41, 5.74) is 6.11. The molecule has 2 atom stereocenters. The largest absolute Gasteiger partial charge is 0.385 e. The van der Waals surface area contributed by atoms with Gasteiger partial charge >= 0.3 is 0 Å². The van der Waals surface area contributed by atoms with Crippen molar-refractivity contribution in [1.82, 2.24) is 0 Å². The topological polar surface area (TPSA) is 35.2 Å². The number of ether oxygens (including phenoxy) is 1. The van der Waals surface area contributed by atoms with Crippen LogP contribution in [0.1, 0.15) is 39.0 Å². The Bertz CT molecular complexity index is 134. The van der Waals surface area contributed by atoms with E-state index in [9.17, 15) is 0 Å². The molecule has 0 aromatic heterocycles. The zero-order chi connectivity index (χ0) is 9.68. The Kier molecular flexibility index (Phi) is 4.74. The van der Waals surface area contributed by atoms with Gasteiger partial charge in [-0.15, -0.1) is 0 Å². The second-order valence-corrected chi connectivity index (χ2v) is 4.46. The van der Waals surface area contributed by atoms with E-state index >= 15 is 0 Å². The van der Waals surface area contributed by atoms with Gasteiger partial charge in [0.25, 0.3) is 0 Å². The van der Waals surface area contributed by atoms with Crippen molar-refractivity contribution in [1.29, 1.82) is 0 Å². The highest BCUT2D eigenvalue weighted by Gasteiger charge is 2.22. The Morgan fingerprint density at radius 1 is 1.46 bits per heavy atom. The van der Waals surface area contributed by atoms with Gasteiger partial charge in [-0.1, -0.05) is 26.2 Å². The van der Waals surface area contributed by atoms with Crippen LogP contribution in [0.15, 0.2) is 0 Å². The number of nitrogens with two attached hydrogens (primary N) is 1. The Morgan fingerprint density at radius 2 is 2.15 bits per heavy atom. The lowest BCUT2D eigenvalue weighted by molar-refractivity contribution is 0.166. The second-order valence-electron chi connectivity index (χ2n) is 4.46. The third-order valence-corrected chi connectivity index (χ3v) is 3.34. The minimum absolute atomic E-state index is 0.389. The molecule has 2 unspecified atom stereocenters. The molecule has 0 radical (unpaired) electrons. The normalized spacial score (nSPS) is 22.4. The minimum Gasteiger partial charge on any atom is -0.385 e. The van der Waals surface area contributed by atoms with Gasteiger partial charge < -0.3 is 10.5 Å². The van der Waals surface area contributed by atoms with Gasteiger partial charge in [0.05, 0.1) is 0 Å². The van der Waals surface area contributed by atoms with Gasteiger partial charge in [-0.3, -0.25) is 0 Å². The summed E-state index contributed by atoms with van der Waals surface area (Å²) >= 11 is 0. The van der Waals surface area contributed by atoms with Gasteiger partial charge in [0, 0.05) is 19.8 Å². The lowest BCUT2D eigenvalue weighted by atomic mass is 9.78. The first kappa shape index (κ1) is 11.0. The van der Waals surface area contributed by atoms with Crippen molar-refractivity contribution in [3.8, 4) is 0 Å². The molecular weight excluding hydrogens is 162 g/mol. The van der Waals surface area contributed by atoms with E-state index in [0.29, 0.717) is 12.0 Å². The van der Waals surface area contributed by atoms with Crippen molar-refractivity contribution in [2.45, 2.75) is 45.1 Å². The maximum absolute atomic E-state index is 6.11. The summed E-state index contributed by atoms with van der Waals surface area (Å²) in [6, 6.07) is 0.389. The van der Waals surface area contributed by atoms with Gasteiger partial charge in [-0.2, -0.15) is 0 Å². The van der Waals surface area contributed by atoms with Crippen LogP contribution in [0, 0.1) is 11.8 Å². The highest BCUT2D eigenvalue weighted by atomic mass is 16.5. The molecule has 2 nitrogen and oxygen atoms in total. The van der Waals surface area contributed by atoms with E-state index < -0.39 is 0 Å². The van der Waals surface area contributed by atoms with Crippen LogP contribution < -0.4 is 5.73 Å². The third kappa shape index (κ3) is 3.65. The Labute approximate surface area is 81.8 Å².